The first-order valence-electron chi connectivity index (χ1n) is 2.93. The van der Waals surface area contributed by atoms with Crippen LogP contribution < -0.4 is 0 Å². The Hall–Kier alpha value is 0.531. The summed E-state index contributed by atoms with van der Waals surface area (Å²) in [6.07, 6.45) is 0. The van der Waals surface area contributed by atoms with Crippen molar-refractivity contribution < 1.29 is 12.7 Å². The SMILES string of the molecule is CO[Si]O[Si](C)(C)O[Si]C. The van der Waals surface area contributed by atoms with Crippen LogP contribution in [-0.2, 0) is 12.7 Å². The minimum absolute atomic E-state index is 0.117. The fraction of sp³-hybridized carbons (Fsp3) is 1.00. The average Bonchev–Trinajstić information content (AvgIpc) is 1.84. The zero-order valence-corrected chi connectivity index (χ0v) is 9.72. The summed E-state index contributed by atoms with van der Waals surface area (Å²) in [5.41, 5.74) is 0. The Kier molecular flexibility index (Phi) is 5.49. The van der Waals surface area contributed by atoms with Crippen LogP contribution >= 0.6 is 0 Å². The van der Waals surface area contributed by atoms with Crippen molar-refractivity contribution >= 4 is 28.3 Å². The van der Waals surface area contributed by atoms with Crippen molar-refractivity contribution in [2.45, 2.75) is 19.6 Å². The molecule has 0 aliphatic rings. The molecule has 0 saturated heterocycles. The van der Waals surface area contributed by atoms with Gasteiger partial charge in [0.25, 0.3) is 0 Å². The highest BCUT2D eigenvalue weighted by atomic mass is 28.4. The molecular weight excluding hydrogens is 180 g/mol. The Morgan fingerprint density at radius 3 is 2.20 bits per heavy atom. The molecule has 0 aromatic rings. The van der Waals surface area contributed by atoms with Gasteiger partial charge in [0.1, 0.15) is 0 Å². The maximum atomic E-state index is 5.40. The van der Waals surface area contributed by atoms with E-state index < -0.39 is 8.56 Å². The first-order valence-corrected chi connectivity index (χ1v) is 7.97. The van der Waals surface area contributed by atoms with Crippen LogP contribution in [0.1, 0.15) is 0 Å². The summed E-state index contributed by atoms with van der Waals surface area (Å²) in [5.74, 6) is 0. The van der Waals surface area contributed by atoms with Gasteiger partial charge in [-0.05, 0) is 19.6 Å². The summed E-state index contributed by atoms with van der Waals surface area (Å²) in [5, 5.41) is 0. The maximum absolute atomic E-state index is 5.40. The lowest BCUT2D eigenvalue weighted by Crippen LogP contribution is -2.37. The fourth-order valence-electron chi connectivity index (χ4n) is 0.409. The molecule has 6 heteroatoms. The predicted molar refractivity (Wildman–Crippen MR) is 44.0 cm³/mol. The molecule has 0 unspecified atom stereocenters. The zero-order chi connectivity index (χ0) is 8.04. The third-order valence-corrected chi connectivity index (χ3v) is 5.97. The lowest BCUT2D eigenvalue weighted by Gasteiger charge is -2.20. The summed E-state index contributed by atoms with van der Waals surface area (Å²) in [6, 6.07) is 0. The van der Waals surface area contributed by atoms with Crippen molar-refractivity contribution in [3.8, 4) is 0 Å². The molecule has 3 nitrogen and oxygen atoms in total. The van der Waals surface area contributed by atoms with Gasteiger partial charge in [-0.3, -0.25) is 0 Å². The molecule has 0 aliphatic heterocycles. The molecule has 0 N–H and O–H groups in total. The van der Waals surface area contributed by atoms with Crippen molar-refractivity contribution in [3.63, 3.8) is 0 Å². The predicted octanol–water partition coefficient (Wildman–Crippen LogP) is 0.569. The molecule has 0 aliphatic carbocycles. The minimum Gasteiger partial charge on any atom is -0.437 e. The lowest BCUT2D eigenvalue weighted by molar-refractivity contribution is 0.330. The number of hydrogen-bond acceptors (Lipinski definition) is 3. The van der Waals surface area contributed by atoms with Gasteiger partial charge < -0.3 is 12.7 Å². The summed E-state index contributed by atoms with van der Waals surface area (Å²) in [4.78, 5) is 0. The van der Waals surface area contributed by atoms with Crippen molar-refractivity contribution in [1.29, 1.82) is 0 Å². The molecule has 0 aromatic heterocycles. The second-order valence-corrected chi connectivity index (χ2v) is 7.51. The Morgan fingerprint density at radius 2 is 1.80 bits per heavy atom. The van der Waals surface area contributed by atoms with E-state index in [4.69, 9.17) is 12.7 Å². The van der Waals surface area contributed by atoms with Crippen LogP contribution in [0, 0.1) is 0 Å². The monoisotopic (exact) mass is 192 g/mol. The highest BCUT2D eigenvalue weighted by Crippen LogP contribution is 2.03. The smallest absolute Gasteiger partial charge is 0.423 e. The van der Waals surface area contributed by atoms with Gasteiger partial charge in [0, 0.05) is 7.11 Å². The van der Waals surface area contributed by atoms with E-state index in [0.717, 1.165) is 0 Å². The Morgan fingerprint density at radius 1 is 1.20 bits per heavy atom. The highest BCUT2D eigenvalue weighted by molar-refractivity contribution is 6.72. The Labute approximate surface area is 68.3 Å². The summed E-state index contributed by atoms with van der Waals surface area (Å²) < 4.78 is 15.5. The highest BCUT2D eigenvalue weighted by Gasteiger charge is 2.23. The minimum atomic E-state index is -1.82. The van der Waals surface area contributed by atoms with E-state index in [1.807, 2.05) is 19.6 Å². The molecule has 58 valence electrons. The van der Waals surface area contributed by atoms with E-state index >= 15 is 0 Å². The van der Waals surface area contributed by atoms with E-state index in [9.17, 15) is 0 Å². The molecule has 0 heterocycles. The topological polar surface area (TPSA) is 27.7 Å². The van der Waals surface area contributed by atoms with E-state index in [-0.39, 0.29) is 10.0 Å². The molecule has 0 spiro atoms. The van der Waals surface area contributed by atoms with Crippen LogP contribution in [0.3, 0.4) is 0 Å². The molecule has 0 fully saturated rings. The van der Waals surface area contributed by atoms with Crippen LogP contribution in [-0.4, -0.2) is 35.4 Å². The third kappa shape index (κ3) is 5.33. The molecule has 0 atom stereocenters. The van der Waals surface area contributed by atoms with Crippen LogP contribution in [0.4, 0.5) is 0 Å². The van der Waals surface area contributed by atoms with Gasteiger partial charge in [0.05, 0.1) is 0 Å². The first-order chi connectivity index (χ1) is 4.62. The van der Waals surface area contributed by atoms with E-state index in [1.165, 1.54) is 0 Å². The molecule has 0 amide bonds. The molecule has 0 saturated carbocycles. The van der Waals surface area contributed by atoms with Gasteiger partial charge in [-0.15, -0.1) is 0 Å². The number of rotatable bonds is 5. The Bertz CT molecular complexity index is 87.8. The summed E-state index contributed by atoms with van der Waals surface area (Å²) in [6.45, 7) is 6.01. The van der Waals surface area contributed by atoms with E-state index in [2.05, 4.69) is 0 Å². The first kappa shape index (κ1) is 10.5. The maximum Gasteiger partial charge on any atom is 0.423 e. The molecule has 0 bridgehead atoms. The van der Waals surface area contributed by atoms with Crippen molar-refractivity contribution in [2.75, 3.05) is 7.11 Å². The second kappa shape index (κ2) is 5.22. The largest absolute Gasteiger partial charge is 0.437 e. The number of hydrogen-bond donors (Lipinski definition) is 0. The van der Waals surface area contributed by atoms with Gasteiger partial charge in [-0.2, -0.15) is 0 Å². The molecule has 10 heavy (non-hydrogen) atoms. The average molecular weight is 192 g/mol. The molecule has 4 radical (unpaired) electrons. The van der Waals surface area contributed by atoms with Crippen LogP contribution in [0.5, 0.6) is 0 Å². The molecule has 0 aromatic carbocycles. The van der Waals surface area contributed by atoms with Gasteiger partial charge in [-0.25, -0.2) is 0 Å². The van der Waals surface area contributed by atoms with Gasteiger partial charge in [0.2, 0.25) is 9.76 Å². The quantitative estimate of drug-likeness (QED) is 0.596. The van der Waals surface area contributed by atoms with E-state index in [1.54, 1.807) is 7.11 Å². The van der Waals surface area contributed by atoms with Crippen molar-refractivity contribution in [3.05, 3.63) is 0 Å². The summed E-state index contributed by atoms with van der Waals surface area (Å²) >= 11 is 0. The van der Waals surface area contributed by atoms with Crippen LogP contribution in [0.2, 0.25) is 19.6 Å². The van der Waals surface area contributed by atoms with Crippen molar-refractivity contribution in [2.24, 2.45) is 0 Å². The lowest BCUT2D eigenvalue weighted by atomic mass is 11.8. The van der Waals surface area contributed by atoms with Crippen molar-refractivity contribution in [1.82, 2.24) is 0 Å². The molecular formula is C4H12O3Si3. The third-order valence-electron chi connectivity index (χ3n) is 0.719. The standard InChI is InChI=1S/C4H12O3Si3/c1-5-9-7-10(3,4)6-8-2/h1-4H3. The second-order valence-electron chi connectivity index (χ2n) is 2.10. The normalized spacial score (nSPS) is 12.0. The van der Waals surface area contributed by atoms with E-state index in [0.29, 0.717) is 9.76 Å². The van der Waals surface area contributed by atoms with Gasteiger partial charge in [0.15, 0.2) is 0 Å². The van der Waals surface area contributed by atoms with Crippen LogP contribution in [0.15, 0.2) is 0 Å². The Balaban J connectivity index is 3.42. The molecule has 0 rings (SSSR count). The summed E-state index contributed by atoms with van der Waals surface area (Å²) in [7, 11) is 0.421. The zero-order valence-electron chi connectivity index (χ0n) is 6.72. The fourth-order valence-corrected chi connectivity index (χ4v) is 4.05. The van der Waals surface area contributed by atoms with Gasteiger partial charge >= 0.3 is 18.6 Å². The van der Waals surface area contributed by atoms with Crippen LogP contribution in [0.25, 0.3) is 0 Å². The van der Waals surface area contributed by atoms with Gasteiger partial charge in [-0.1, -0.05) is 0 Å².